The summed E-state index contributed by atoms with van der Waals surface area (Å²) in [5.74, 6) is 0.305. The molecule has 0 radical (unpaired) electrons. The van der Waals surface area contributed by atoms with Gasteiger partial charge in [-0.25, -0.2) is 4.98 Å². The summed E-state index contributed by atoms with van der Waals surface area (Å²) in [6.45, 7) is 0. The van der Waals surface area contributed by atoms with Crippen molar-refractivity contribution < 1.29 is 17.7 Å². The van der Waals surface area contributed by atoms with E-state index >= 15 is 0 Å². The van der Waals surface area contributed by atoms with Crippen LogP contribution in [-0.4, -0.2) is 25.3 Å². The molecule has 0 bridgehead atoms. The number of benzene rings is 1. The predicted octanol–water partition coefficient (Wildman–Crippen LogP) is 3.30. The largest absolute Gasteiger partial charge is 0.416 e. The van der Waals surface area contributed by atoms with Gasteiger partial charge in [0.15, 0.2) is 5.82 Å². The molecule has 0 aliphatic heterocycles. The first-order chi connectivity index (χ1) is 9.95. The van der Waals surface area contributed by atoms with Crippen molar-refractivity contribution in [1.82, 2.24) is 25.3 Å². The molecule has 0 amide bonds. The zero-order chi connectivity index (χ0) is 15.0. The van der Waals surface area contributed by atoms with Gasteiger partial charge >= 0.3 is 6.18 Å². The first-order valence-electron chi connectivity index (χ1n) is 5.52. The number of H-pyrrole nitrogens is 1. The second kappa shape index (κ2) is 4.95. The van der Waals surface area contributed by atoms with E-state index in [1.165, 1.54) is 12.4 Å². The van der Waals surface area contributed by atoms with Crippen LogP contribution in [0.15, 0.2) is 33.5 Å². The Morgan fingerprint density at radius 1 is 1.24 bits per heavy atom. The molecule has 1 N–H and O–H groups in total. The number of rotatable bonds is 2. The highest BCUT2D eigenvalue weighted by Gasteiger charge is 2.31. The van der Waals surface area contributed by atoms with Gasteiger partial charge < -0.3 is 4.52 Å². The van der Waals surface area contributed by atoms with E-state index in [-0.39, 0.29) is 23.1 Å². The zero-order valence-electron chi connectivity index (χ0n) is 10.0. The molecule has 0 aliphatic rings. The fourth-order valence-corrected chi connectivity index (χ4v) is 2.02. The van der Waals surface area contributed by atoms with Crippen LogP contribution in [-0.2, 0) is 6.18 Å². The van der Waals surface area contributed by atoms with Crippen molar-refractivity contribution in [2.75, 3.05) is 0 Å². The second-order valence-electron chi connectivity index (χ2n) is 3.95. The van der Waals surface area contributed by atoms with Gasteiger partial charge in [-0.15, -0.1) is 0 Å². The molecule has 2 heterocycles. The molecular weight excluding hydrogens is 355 g/mol. The van der Waals surface area contributed by atoms with Crippen LogP contribution in [0.1, 0.15) is 5.56 Å². The summed E-state index contributed by atoms with van der Waals surface area (Å²) in [5.41, 5.74) is -0.664. The summed E-state index contributed by atoms with van der Waals surface area (Å²) in [7, 11) is 0. The highest BCUT2D eigenvalue weighted by atomic mass is 79.9. The summed E-state index contributed by atoms with van der Waals surface area (Å²) >= 11 is 3.16. The molecule has 0 unspecified atom stereocenters. The Morgan fingerprint density at radius 3 is 2.71 bits per heavy atom. The van der Waals surface area contributed by atoms with Crippen molar-refractivity contribution in [2.24, 2.45) is 0 Å². The fourth-order valence-electron chi connectivity index (χ4n) is 1.61. The van der Waals surface area contributed by atoms with Gasteiger partial charge in [0.1, 0.15) is 6.33 Å². The number of aromatic nitrogens is 5. The normalized spacial score (nSPS) is 11.8. The van der Waals surface area contributed by atoms with Crippen molar-refractivity contribution >= 4 is 15.9 Å². The Morgan fingerprint density at radius 2 is 2.05 bits per heavy atom. The third kappa shape index (κ3) is 2.66. The van der Waals surface area contributed by atoms with Gasteiger partial charge in [-0.3, -0.25) is 5.10 Å². The first-order valence-corrected chi connectivity index (χ1v) is 6.31. The lowest BCUT2D eigenvalue weighted by Crippen LogP contribution is -2.04. The minimum atomic E-state index is -4.46. The molecule has 6 nitrogen and oxygen atoms in total. The number of hydrogen-bond acceptors (Lipinski definition) is 5. The first kappa shape index (κ1) is 13.7. The maximum absolute atomic E-state index is 12.7. The van der Waals surface area contributed by atoms with E-state index in [0.29, 0.717) is 4.47 Å². The minimum absolute atomic E-state index is 0.0561. The topological polar surface area (TPSA) is 80.5 Å². The smallest absolute Gasteiger partial charge is 0.333 e. The maximum Gasteiger partial charge on any atom is 0.416 e. The van der Waals surface area contributed by atoms with E-state index in [2.05, 4.69) is 41.3 Å². The van der Waals surface area contributed by atoms with Gasteiger partial charge in [0.2, 0.25) is 5.82 Å². The number of alkyl halides is 3. The van der Waals surface area contributed by atoms with Crippen LogP contribution in [0.5, 0.6) is 0 Å². The van der Waals surface area contributed by atoms with Crippen LogP contribution in [0, 0.1) is 0 Å². The van der Waals surface area contributed by atoms with Crippen LogP contribution in [0.25, 0.3) is 23.1 Å². The van der Waals surface area contributed by atoms with Gasteiger partial charge in [0, 0.05) is 4.47 Å². The van der Waals surface area contributed by atoms with Crippen molar-refractivity contribution in [3.05, 3.63) is 34.6 Å². The lowest BCUT2D eigenvalue weighted by molar-refractivity contribution is -0.137. The number of nitrogens with one attached hydrogen (secondary N) is 1. The molecule has 1 aromatic carbocycles. The van der Waals surface area contributed by atoms with Crippen molar-refractivity contribution in [3.8, 4) is 23.1 Å². The van der Waals surface area contributed by atoms with E-state index in [0.717, 1.165) is 12.1 Å². The van der Waals surface area contributed by atoms with Crippen molar-refractivity contribution in [2.45, 2.75) is 6.18 Å². The Bertz CT molecular complexity index is 769. The molecule has 0 spiro atoms. The Kier molecular flexibility index (Phi) is 3.24. The molecule has 21 heavy (non-hydrogen) atoms. The van der Waals surface area contributed by atoms with Crippen LogP contribution in [0.2, 0.25) is 0 Å². The second-order valence-corrected chi connectivity index (χ2v) is 4.80. The highest BCUT2D eigenvalue weighted by molar-refractivity contribution is 9.10. The molecule has 0 aliphatic carbocycles. The van der Waals surface area contributed by atoms with Gasteiger partial charge in [0.25, 0.3) is 5.89 Å². The average Bonchev–Trinajstić information content (AvgIpc) is 3.09. The minimum Gasteiger partial charge on any atom is -0.333 e. The Balaban J connectivity index is 2.04. The van der Waals surface area contributed by atoms with Gasteiger partial charge in [0.05, 0.1) is 11.1 Å². The van der Waals surface area contributed by atoms with Crippen LogP contribution < -0.4 is 0 Å². The van der Waals surface area contributed by atoms with Gasteiger partial charge in [-0.2, -0.15) is 23.3 Å². The summed E-state index contributed by atoms with van der Waals surface area (Å²) in [4.78, 5) is 7.83. The lowest BCUT2D eigenvalue weighted by atomic mass is 10.1. The molecule has 108 valence electrons. The van der Waals surface area contributed by atoms with Crippen LogP contribution >= 0.6 is 15.9 Å². The maximum atomic E-state index is 12.7. The van der Waals surface area contributed by atoms with Gasteiger partial charge in [-0.1, -0.05) is 5.16 Å². The standard InChI is InChI=1S/C11H5BrF3N5O/c12-7-2-1-5(11(13,14)15)3-6(7)10-18-9(20-21-10)8-16-4-17-19-8/h1-4H,(H,16,17,19). The van der Waals surface area contributed by atoms with Crippen molar-refractivity contribution in [3.63, 3.8) is 0 Å². The predicted molar refractivity (Wildman–Crippen MR) is 67.8 cm³/mol. The third-order valence-corrected chi connectivity index (χ3v) is 3.27. The molecule has 0 saturated heterocycles. The lowest BCUT2D eigenvalue weighted by Gasteiger charge is -2.08. The quantitative estimate of drug-likeness (QED) is 0.759. The highest BCUT2D eigenvalue weighted by Crippen LogP contribution is 2.35. The number of halogens is 4. The fraction of sp³-hybridized carbons (Fsp3) is 0.0909. The summed E-state index contributed by atoms with van der Waals surface area (Å²) in [6.07, 6.45) is -3.20. The molecule has 3 aromatic rings. The summed E-state index contributed by atoms with van der Waals surface area (Å²) in [5, 5.41) is 9.81. The molecule has 3 rings (SSSR count). The molecular formula is C11H5BrF3N5O. The number of nitrogens with zero attached hydrogens (tertiary/aromatic N) is 4. The monoisotopic (exact) mass is 359 g/mol. The summed E-state index contributed by atoms with van der Waals surface area (Å²) in [6, 6.07) is 3.17. The van der Waals surface area contributed by atoms with E-state index in [9.17, 15) is 13.2 Å². The zero-order valence-corrected chi connectivity index (χ0v) is 11.6. The molecule has 2 aromatic heterocycles. The van der Waals surface area contributed by atoms with Crippen molar-refractivity contribution in [1.29, 1.82) is 0 Å². The van der Waals surface area contributed by atoms with Crippen LogP contribution in [0.3, 0.4) is 0 Å². The SMILES string of the molecule is FC(F)(F)c1ccc(Br)c(-c2nc(-c3ncn[nH]3)no2)c1. The molecule has 0 atom stereocenters. The molecule has 0 saturated carbocycles. The summed E-state index contributed by atoms with van der Waals surface area (Å²) < 4.78 is 43.6. The molecule has 10 heteroatoms. The number of hydrogen-bond donors (Lipinski definition) is 1. The third-order valence-electron chi connectivity index (χ3n) is 2.58. The van der Waals surface area contributed by atoms with E-state index in [4.69, 9.17) is 4.52 Å². The molecule has 0 fully saturated rings. The van der Waals surface area contributed by atoms with Gasteiger partial charge in [-0.05, 0) is 34.1 Å². The van der Waals surface area contributed by atoms with E-state index in [1.54, 1.807) is 0 Å². The van der Waals surface area contributed by atoms with E-state index < -0.39 is 11.7 Å². The van der Waals surface area contributed by atoms with Crippen LogP contribution in [0.4, 0.5) is 13.2 Å². The number of aromatic amines is 1. The average molecular weight is 360 g/mol. The Hall–Kier alpha value is -2.23. The van der Waals surface area contributed by atoms with E-state index in [1.807, 2.05) is 0 Å². The Labute approximate surface area is 123 Å².